The van der Waals surface area contributed by atoms with Crippen LogP contribution < -0.4 is 5.43 Å². The first-order valence-corrected chi connectivity index (χ1v) is 8.06. The first kappa shape index (κ1) is 17.0. The van der Waals surface area contributed by atoms with Crippen molar-refractivity contribution in [1.82, 2.24) is 9.47 Å². The molecule has 0 bridgehead atoms. The SMILES string of the molecule is O=c1cc(CO)n(CCCCCO)c(CN2CCCC2)c1O. The fourth-order valence-electron chi connectivity index (χ4n) is 3.02. The monoisotopic (exact) mass is 310 g/mol. The molecule has 0 aromatic carbocycles. The van der Waals surface area contributed by atoms with E-state index < -0.39 is 5.43 Å². The van der Waals surface area contributed by atoms with Crippen molar-refractivity contribution >= 4 is 0 Å². The van der Waals surface area contributed by atoms with Crippen LogP contribution in [0.1, 0.15) is 43.5 Å². The Kier molecular flexibility index (Phi) is 6.42. The summed E-state index contributed by atoms with van der Waals surface area (Å²) in [6.45, 7) is 3.07. The van der Waals surface area contributed by atoms with E-state index in [9.17, 15) is 15.0 Å². The van der Waals surface area contributed by atoms with Crippen molar-refractivity contribution in [1.29, 1.82) is 0 Å². The van der Waals surface area contributed by atoms with Gasteiger partial charge in [-0.05, 0) is 45.2 Å². The molecule has 1 aromatic heterocycles. The second-order valence-electron chi connectivity index (χ2n) is 5.87. The van der Waals surface area contributed by atoms with Crippen LogP contribution in [0.2, 0.25) is 0 Å². The lowest BCUT2D eigenvalue weighted by Crippen LogP contribution is -2.25. The van der Waals surface area contributed by atoms with Gasteiger partial charge >= 0.3 is 0 Å². The number of aliphatic hydroxyl groups excluding tert-OH is 2. The van der Waals surface area contributed by atoms with Crippen molar-refractivity contribution < 1.29 is 15.3 Å². The van der Waals surface area contributed by atoms with Crippen LogP contribution in [0, 0.1) is 0 Å². The third-order valence-electron chi connectivity index (χ3n) is 4.25. The highest BCUT2D eigenvalue weighted by molar-refractivity contribution is 5.30. The number of aromatic hydroxyl groups is 1. The number of pyridine rings is 1. The van der Waals surface area contributed by atoms with Crippen molar-refractivity contribution in [2.24, 2.45) is 0 Å². The molecule has 0 atom stereocenters. The van der Waals surface area contributed by atoms with E-state index in [1.54, 1.807) is 0 Å². The third kappa shape index (κ3) is 4.09. The van der Waals surface area contributed by atoms with E-state index in [1.165, 1.54) is 6.07 Å². The second kappa shape index (κ2) is 8.31. The summed E-state index contributed by atoms with van der Waals surface area (Å²) in [5, 5.41) is 28.6. The van der Waals surface area contributed by atoms with Crippen LogP contribution in [0.25, 0.3) is 0 Å². The number of aromatic nitrogens is 1. The minimum atomic E-state index is -0.426. The Morgan fingerprint density at radius 1 is 1.09 bits per heavy atom. The fourth-order valence-corrected chi connectivity index (χ4v) is 3.02. The normalized spacial score (nSPS) is 15.5. The van der Waals surface area contributed by atoms with Crippen molar-refractivity contribution in [3.05, 3.63) is 27.7 Å². The number of aliphatic hydroxyl groups is 2. The minimum Gasteiger partial charge on any atom is -0.503 e. The zero-order valence-corrected chi connectivity index (χ0v) is 13.0. The summed E-state index contributed by atoms with van der Waals surface area (Å²) in [5.74, 6) is -0.203. The van der Waals surface area contributed by atoms with Gasteiger partial charge in [0.2, 0.25) is 5.43 Å². The van der Waals surface area contributed by atoms with E-state index in [1.807, 2.05) is 4.57 Å². The van der Waals surface area contributed by atoms with Gasteiger partial charge in [-0.2, -0.15) is 0 Å². The lowest BCUT2D eigenvalue weighted by atomic mass is 10.2. The van der Waals surface area contributed by atoms with Crippen LogP contribution in [0.3, 0.4) is 0 Å². The number of hydrogen-bond acceptors (Lipinski definition) is 5. The Morgan fingerprint density at radius 3 is 2.45 bits per heavy atom. The molecule has 2 rings (SSSR count). The van der Waals surface area contributed by atoms with E-state index in [-0.39, 0.29) is 19.0 Å². The molecular weight excluding hydrogens is 284 g/mol. The molecule has 0 amide bonds. The standard InChI is InChI=1S/C16H26N2O4/c19-9-5-1-2-8-18-13(12-20)10-15(21)16(22)14(18)11-17-6-3-4-7-17/h10,19-20,22H,1-9,11-12H2. The lowest BCUT2D eigenvalue weighted by molar-refractivity contribution is 0.258. The molecule has 0 unspecified atom stereocenters. The van der Waals surface area contributed by atoms with Gasteiger partial charge in [-0.25, -0.2) is 0 Å². The fraction of sp³-hybridized carbons (Fsp3) is 0.688. The van der Waals surface area contributed by atoms with Crippen molar-refractivity contribution in [3.63, 3.8) is 0 Å². The first-order chi connectivity index (χ1) is 10.7. The summed E-state index contributed by atoms with van der Waals surface area (Å²) >= 11 is 0. The summed E-state index contributed by atoms with van der Waals surface area (Å²) in [4.78, 5) is 14.1. The molecular formula is C16H26N2O4. The highest BCUT2D eigenvalue weighted by Gasteiger charge is 2.19. The first-order valence-electron chi connectivity index (χ1n) is 8.06. The predicted octanol–water partition coefficient (Wildman–Crippen LogP) is 0.805. The maximum absolute atomic E-state index is 11.9. The van der Waals surface area contributed by atoms with Gasteiger partial charge < -0.3 is 19.9 Å². The van der Waals surface area contributed by atoms with Gasteiger partial charge in [-0.1, -0.05) is 0 Å². The molecule has 22 heavy (non-hydrogen) atoms. The Hall–Kier alpha value is -1.37. The number of unbranched alkanes of at least 4 members (excludes halogenated alkanes) is 2. The van der Waals surface area contributed by atoms with Crippen molar-refractivity contribution in [3.8, 4) is 5.75 Å². The van der Waals surface area contributed by atoms with Gasteiger partial charge in [0.15, 0.2) is 5.75 Å². The summed E-state index contributed by atoms with van der Waals surface area (Å²) in [5.41, 5.74) is 0.716. The summed E-state index contributed by atoms with van der Waals surface area (Å²) in [6.07, 6.45) is 4.73. The van der Waals surface area contributed by atoms with Gasteiger partial charge in [0, 0.05) is 31.5 Å². The molecule has 6 nitrogen and oxygen atoms in total. The van der Waals surface area contributed by atoms with E-state index in [2.05, 4.69) is 4.90 Å². The molecule has 1 aromatic rings. The average Bonchev–Trinajstić information content (AvgIpc) is 3.02. The van der Waals surface area contributed by atoms with E-state index in [4.69, 9.17) is 5.11 Å². The summed E-state index contributed by atoms with van der Waals surface area (Å²) in [7, 11) is 0. The molecule has 3 N–H and O–H groups in total. The highest BCUT2D eigenvalue weighted by atomic mass is 16.3. The molecule has 0 aliphatic carbocycles. The number of likely N-dealkylation sites (tertiary alicyclic amines) is 1. The van der Waals surface area contributed by atoms with Crippen LogP contribution in [-0.2, 0) is 19.7 Å². The minimum absolute atomic E-state index is 0.170. The Morgan fingerprint density at radius 2 is 1.82 bits per heavy atom. The average molecular weight is 310 g/mol. The van der Waals surface area contributed by atoms with Crippen molar-refractivity contribution in [2.75, 3.05) is 19.7 Å². The maximum Gasteiger partial charge on any atom is 0.223 e. The van der Waals surface area contributed by atoms with E-state index in [0.29, 0.717) is 24.5 Å². The zero-order chi connectivity index (χ0) is 15.9. The Labute approximate surface area is 130 Å². The molecule has 1 aliphatic rings. The largest absolute Gasteiger partial charge is 0.503 e. The van der Waals surface area contributed by atoms with Crippen molar-refractivity contribution in [2.45, 2.75) is 51.8 Å². The Balaban J connectivity index is 2.25. The van der Waals surface area contributed by atoms with Gasteiger partial charge in [-0.15, -0.1) is 0 Å². The molecule has 0 spiro atoms. The van der Waals surface area contributed by atoms with Gasteiger partial charge in [0.25, 0.3) is 0 Å². The molecule has 0 saturated carbocycles. The van der Waals surface area contributed by atoms with E-state index in [0.717, 1.165) is 45.2 Å². The van der Waals surface area contributed by atoms with E-state index >= 15 is 0 Å². The second-order valence-corrected chi connectivity index (χ2v) is 5.87. The van der Waals surface area contributed by atoms with Crippen LogP contribution in [0.5, 0.6) is 5.75 Å². The topological polar surface area (TPSA) is 85.9 Å². The zero-order valence-electron chi connectivity index (χ0n) is 13.0. The molecule has 1 aliphatic heterocycles. The lowest BCUT2D eigenvalue weighted by Gasteiger charge is -2.22. The van der Waals surface area contributed by atoms with Gasteiger partial charge in [0.1, 0.15) is 0 Å². The molecule has 0 radical (unpaired) electrons. The predicted molar refractivity (Wildman–Crippen MR) is 83.7 cm³/mol. The van der Waals surface area contributed by atoms with Crippen LogP contribution in [0.4, 0.5) is 0 Å². The molecule has 6 heteroatoms. The summed E-state index contributed by atoms with van der Waals surface area (Å²) < 4.78 is 1.87. The van der Waals surface area contributed by atoms with Crippen LogP contribution >= 0.6 is 0 Å². The quantitative estimate of drug-likeness (QED) is 0.619. The molecule has 124 valence electrons. The number of rotatable bonds is 8. The third-order valence-corrected chi connectivity index (χ3v) is 4.25. The number of nitrogens with zero attached hydrogens (tertiary/aromatic N) is 2. The number of hydrogen-bond donors (Lipinski definition) is 3. The van der Waals surface area contributed by atoms with Crippen LogP contribution in [0.15, 0.2) is 10.9 Å². The molecule has 1 fully saturated rings. The van der Waals surface area contributed by atoms with Gasteiger partial charge in [-0.3, -0.25) is 9.69 Å². The summed E-state index contributed by atoms with van der Waals surface area (Å²) in [6, 6.07) is 1.31. The molecule has 2 heterocycles. The van der Waals surface area contributed by atoms with Gasteiger partial charge in [0.05, 0.1) is 12.3 Å². The highest BCUT2D eigenvalue weighted by Crippen LogP contribution is 2.20. The maximum atomic E-state index is 11.9. The Bertz CT molecular complexity index is 536. The smallest absolute Gasteiger partial charge is 0.223 e. The molecule has 1 saturated heterocycles. The van der Waals surface area contributed by atoms with Crippen LogP contribution in [-0.4, -0.2) is 44.5 Å².